The van der Waals surface area contributed by atoms with Crippen molar-refractivity contribution in [1.82, 2.24) is 0 Å². The van der Waals surface area contributed by atoms with Crippen molar-refractivity contribution in [2.24, 2.45) is 0 Å². The summed E-state index contributed by atoms with van der Waals surface area (Å²) in [6.07, 6.45) is 1.06. The number of hydrogen-bond donors (Lipinski definition) is 2. The zero-order valence-electron chi connectivity index (χ0n) is 12.2. The third kappa shape index (κ3) is 3.60. The molecule has 21 heavy (non-hydrogen) atoms. The van der Waals surface area contributed by atoms with E-state index >= 15 is 0 Å². The van der Waals surface area contributed by atoms with Gasteiger partial charge in [-0.1, -0.05) is 26.0 Å². The minimum atomic E-state index is -0.622. The summed E-state index contributed by atoms with van der Waals surface area (Å²) in [6, 6.07) is 11.6. The zero-order valence-corrected chi connectivity index (χ0v) is 12.2. The molecule has 0 aliphatic heterocycles. The molecular formula is C17H19FN2O. The molecule has 0 heterocycles. The number of halogens is 1. The summed E-state index contributed by atoms with van der Waals surface area (Å²) in [7, 11) is 0. The highest BCUT2D eigenvalue weighted by Crippen LogP contribution is 2.21. The molecule has 2 rings (SSSR count). The Morgan fingerprint density at radius 1 is 1.24 bits per heavy atom. The number of carbonyl (C=O) groups is 1. The maximum atomic E-state index is 13.7. The van der Waals surface area contributed by atoms with E-state index in [1.54, 1.807) is 0 Å². The van der Waals surface area contributed by atoms with E-state index in [-0.39, 0.29) is 5.56 Å². The van der Waals surface area contributed by atoms with Crippen LogP contribution in [0.15, 0.2) is 42.5 Å². The molecule has 0 saturated heterocycles. The van der Waals surface area contributed by atoms with Gasteiger partial charge in [0.2, 0.25) is 0 Å². The van der Waals surface area contributed by atoms with Gasteiger partial charge in [0, 0.05) is 11.4 Å². The lowest BCUT2D eigenvalue weighted by Crippen LogP contribution is -2.14. The normalized spacial score (nSPS) is 12.0. The highest BCUT2D eigenvalue weighted by Gasteiger charge is 2.12. The Morgan fingerprint density at radius 3 is 2.48 bits per heavy atom. The van der Waals surface area contributed by atoms with Crippen LogP contribution in [0.1, 0.15) is 42.1 Å². The number of anilines is 2. The topological polar surface area (TPSA) is 55.1 Å². The van der Waals surface area contributed by atoms with E-state index in [4.69, 9.17) is 5.73 Å². The van der Waals surface area contributed by atoms with Gasteiger partial charge in [-0.3, -0.25) is 4.79 Å². The Kier molecular flexibility index (Phi) is 4.58. The first-order valence-electron chi connectivity index (χ1n) is 6.97. The molecule has 1 atom stereocenters. The summed E-state index contributed by atoms with van der Waals surface area (Å²) >= 11 is 0. The second-order valence-electron chi connectivity index (χ2n) is 5.12. The number of nitrogen functional groups attached to an aromatic ring is 1. The Balaban J connectivity index is 2.12. The maximum Gasteiger partial charge on any atom is 0.258 e. The van der Waals surface area contributed by atoms with Crippen LogP contribution in [0.5, 0.6) is 0 Å². The average molecular weight is 286 g/mol. The van der Waals surface area contributed by atoms with E-state index in [2.05, 4.69) is 19.2 Å². The number of nitrogens with two attached hydrogens (primary N) is 1. The summed E-state index contributed by atoms with van der Waals surface area (Å²) < 4.78 is 13.7. The SMILES string of the molecule is CCC(C)c1ccc(NC(=O)c2ccc(N)cc2F)cc1. The van der Waals surface area contributed by atoms with Crippen molar-refractivity contribution in [3.63, 3.8) is 0 Å². The number of hydrogen-bond acceptors (Lipinski definition) is 2. The Bertz CT molecular complexity index is 638. The molecule has 2 aromatic carbocycles. The molecule has 1 amide bonds. The van der Waals surface area contributed by atoms with E-state index < -0.39 is 11.7 Å². The molecule has 0 spiro atoms. The molecule has 110 valence electrons. The number of carbonyl (C=O) groups excluding carboxylic acids is 1. The molecule has 2 aromatic rings. The molecule has 3 N–H and O–H groups in total. The predicted octanol–water partition coefficient (Wildman–Crippen LogP) is 4.17. The minimum Gasteiger partial charge on any atom is -0.399 e. The highest BCUT2D eigenvalue weighted by molar-refractivity contribution is 6.04. The number of benzene rings is 2. The van der Waals surface area contributed by atoms with Gasteiger partial charge in [0.25, 0.3) is 5.91 Å². The van der Waals surface area contributed by atoms with Gasteiger partial charge in [-0.25, -0.2) is 4.39 Å². The van der Waals surface area contributed by atoms with Crippen molar-refractivity contribution in [3.05, 3.63) is 59.4 Å². The zero-order chi connectivity index (χ0) is 15.4. The van der Waals surface area contributed by atoms with Crippen LogP contribution in [0.3, 0.4) is 0 Å². The Morgan fingerprint density at radius 2 is 1.90 bits per heavy atom. The third-order valence-electron chi connectivity index (χ3n) is 3.59. The summed E-state index contributed by atoms with van der Waals surface area (Å²) in [6.45, 7) is 4.28. The fourth-order valence-corrected chi connectivity index (χ4v) is 2.04. The summed E-state index contributed by atoms with van der Waals surface area (Å²) in [5.74, 6) is -0.628. The molecule has 0 radical (unpaired) electrons. The monoisotopic (exact) mass is 286 g/mol. The first-order valence-corrected chi connectivity index (χ1v) is 6.97. The van der Waals surface area contributed by atoms with Crippen molar-refractivity contribution < 1.29 is 9.18 Å². The fraction of sp³-hybridized carbons (Fsp3) is 0.235. The van der Waals surface area contributed by atoms with Crippen LogP contribution in [0.25, 0.3) is 0 Å². The van der Waals surface area contributed by atoms with Crippen LogP contribution in [-0.2, 0) is 0 Å². The van der Waals surface area contributed by atoms with Crippen molar-refractivity contribution >= 4 is 17.3 Å². The lowest BCUT2D eigenvalue weighted by Gasteiger charge is -2.11. The molecule has 0 aliphatic rings. The molecule has 3 nitrogen and oxygen atoms in total. The third-order valence-corrected chi connectivity index (χ3v) is 3.59. The smallest absolute Gasteiger partial charge is 0.258 e. The molecule has 1 unspecified atom stereocenters. The van der Waals surface area contributed by atoms with Crippen molar-refractivity contribution in [2.75, 3.05) is 11.1 Å². The van der Waals surface area contributed by atoms with Crippen molar-refractivity contribution in [1.29, 1.82) is 0 Å². The van der Waals surface area contributed by atoms with Gasteiger partial charge >= 0.3 is 0 Å². The summed E-state index contributed by atoms with van der Waals surface area (Å²) in [5, 5.41) is 2.68. The van der Waals surface area contributed by atoms with Gasteiger partial charge in [-0.2, -0.15) is 0 Å². The van der Waals surface area contributed by atoms with E-state index in [0.717, 1.165) is 12.5 Å². The standard InChI is InChI=1S/C17H19FN2O/c1-3-11(2)12-4-7-14(8-5-12)20-17(21)15-9-6-13(19)10-16(15)18/h4-11H,3,19H2,1-2H3,(H,20,21). The lowest BCUT2D eigenvalue weighted by atomic mass is 9.98. The summed E-state index contributed by atoms with van der Waals surface area (Å²) in [5.41, 5.74) is 7.60. The highest BCUT2D eigenvalue weighted by atomic mass is 19.1. The maximum absolute atomic E-state index is 13.7. The van der Waals surface area contributed by atoms with Crippen LogP contribution in [0.4, 0.5) is 15.8 Å². The number of amides is 1. The van der Waals surface area contributed by atoms with E-state index in [0.29, 0.717) is 17.3 Å². The van der Waals surface area contributed by atoms with E-state index in [1.807, 2.05) is 24.3 Å². The average Bonchev–Trinajstić information content (AvgIpc) is 2.47. The van der Waals surface area contributed by atoms with Gasteiger partial charge in [0.05, 0.1) is 5.56 Å². The molecular weight excluding hydrogens is 267 g/mol. The van der Waals surface area contributed by atoms with Gasteiger partial charge in [0.15, 0.2) is 0 Å². The molecule has 0 saturated carbocycles. The van der Waals surface area contributed by atoms with Gasteiger partial charge in [-0.15, -0.1) is 0 Å². The fourth-order valence-electron chi connectivity index (χ4n) is 2.04. The van der Waals surface area contributed by atoms with Gasteiger partial charge in [0.1, 0.15) is 5.82 Å². The van der Waals surface area contributed by atoms with Gasteiger partial charge < -0.3 is 11.1 Å². The van der Waals surface area contributed by atoms with Crippen molar-refractivity contribution in [3.8, 4) is 0 Å². The second-order valence-corrected chi connectivity index (χ2v) is 5.12. The van der Waals surface area contributed by atoms with Crippen molar-refractivity contribution in [2.45, 2.75) is 26.2 Å². The first kappa shape index (κ1) is 15.0. The largest absolute Gasteiger partial charge is 0.399 e. The van der Waals surface area contributed by atoms with E-state index in [9.17, 15) is 9.18 Å². The van der Waals surface area contributed by atoms with Crippen LogP contribution in [-0.4, -0.2) is 5.91 Å². The van der Waals surface area contributed by atoms with Crippen LogP contribution >= 0.6 is 0 Å². The molecule has 0 aliphatic carbocycles. The quantitative estimate of drug-likeness (QED) is 0.829. The molecule has 0 fully saturated rings. The van der Waals surface area contributed by atoms with Gasteiger partial charge in [-0.05, 0) is 48.2 Å². The van der Waals surface area contributed by atoms with Crippen LogP contribution < -0.4 is 11.1 Å². The van der Waals surface area contributed by atoms with E-state index in [1.165, 1.54) is 17.7 Å². The summed E-state index contributed by atoms with van der Waals surface area (Å²) in [4.78, 5) is 12.0. The second kappa shape index (κ2) is 6.39. The van der Waals surface area contributed by atoms with Crippen LogP contribution in [0, 0.1) is 5.82 Å². The molecule has 4 heteroatoms. The first-order chi connectivity index (χ1) is 10.0. The molecule has 0 aromatic heterocycles. The predicted molar refractivity (Wildman–Crippen MR) is 83.9 cm³/mol. The molecule has 0 bridgehead atoms. The minimum absolute atomic E-state index is 0.0183. The lowest BCUT2D eigenvalue weighted by molar-refractivity contribution is 0.102. The Labute approximate surface area is 124 Å². The number of nitrogens with one attached hydrogen (secondary N) is 1. The van der Waals surface area contributed by atoms with Crippen LogP contribution in [0.2, 0.25) is 0 Å². The Hall–Kier alpha value is -2.36. The number of rotatable bonds is 4.